The first kappa shape index (κ1) is 14.0. The number of rotatable bonds is 5. The molecule has 0 amide bonds. The zero-order valence-corrected chi connectivity index (χ0v) is 12.6. The molecular weight excluding hydrogens is 286 g/mol. The summed E-state index contributed by atoms with van der Waals surface area (Å²) in [5, 5.41) is 7.37. The van der Waals surface area contributed by atoms with Gasteiger partial charge in [-0.05, 0) is 41.7 Å². The van der Waals surface area contributed by atoms with Gasteiger partial charge >= 0.3 is 0 Å². The van der Waals surface area contributed by atoms with E-state index in [2.05, 4.69) is 47.4 Å². The van der Waals surface area contributed by atoms with Crippen LogP contribution in [-0.2, 0) is 6.54 Å². The molecule has 1 aliphatic rings. The Kier molecular flexibility index (Phi) is 4.46. The Morgan fingerprint density at radius 2 is 1.95 bits per heavy atom. The maximum atomic E-state index is 5.46. The van der Waals surface area contributed by atoms with Gasteiger partial charge in [0.1, 0.15) is 0 Å². The summed E-state index contributed by atoms with van der Waals surface area (Å²) in [5.74, 6) is 7.08. The molecule has 3 rings (SSSR count). The molecule has 3 heterocycles. The average molecular weight is 305 g/mol. The Labute approximate surface area is 127 Å². The Morgan fingerprint density at radius 3 is 2.67 bits per heavy atom. The lowest BCUT2D eigenvalue weighted by Crippen LogP contribution is -2.31. The van der Waals surface area contributed by atoms with Gasteiger partial charge in [0.05, 0.1) is 0 Å². The summed E-state index contributed by atoms with van der Waals surface area (Å²) >= 11 is 1.67. The van der Waals surface area contributed by atoms with Crippen molar-refractivity contribution < 1.29 is 0 Å². The number of hydrazine groups is 1. The number of nitrogen functional groups attached to an aromatic ring is 1. The molecule has 7 nitrogen and oxygen atoms in total. The van der Waals surface area contributed by atoms with E-state index in [-0.39, 0.29) is 0 Å². The van der Waals surface area contributed by atoms with Crippen LogP contribution in [0.5, 0.6) is 0 Å². The molecular formula is C13H19N7S. The highest BCUT2D eigenvalue weighted by Crippen LogP contribution is 2.18. The van der Waals surface area contributed by atoms with Crippen LogP contribution in [-0.4, -0.2) is 28.0 Å². The van der Waals surface area contributed by atoms with Crippen molar-refractivity contribution in [3.8, 4) is 0 Å². The molecule has 0 unspecified atom stereocenters. The van der Waals surface area contributed by atoms with Crippen molar-refractivity contribution in [2.75, 3.05) is 28.7 Å². The third-order valence-electron chi connectivity index (χ3n) is 3.42. The lowest BCUT2D eigenvalue weighted by Gasteiger charge is -2.26. The van der Waals surface area contributed by atoms with Gasteiger partial charge in [0, 0.05) is 19.6 Å². The lowest BCUT2D eigenvalue weighted by molar-refractivity contribution is 0.568. The van der Waals surface area contributed by atoms with Crippen LogP contribution in [0, 0.1) is 0 Å². The molecule has 1 fully saturated rings. The third-order valence-corrected chi connectivity index (χ3v) is 4.15. The van der Waals surface area contributed by atoms with Crippen molar-refractivity contribution in [2.45, 2.75) is 25.8 Å². The van der Waals surface area contributed by atoms with Crippen molar-refractivity contribution in [1.82, 2.24) is 15.0 Å². The summed E-state index contributed by atoms with van der Waals surface area (Å²) in [7, 11) is 0. The van der Waals surface area contributed by atoms with E-state index in [1.54, 1.807) is 11.3 Å². The van der Waals surface area contributed by atoms with E-state index in [0.717, 1.165) is 13.1 Å². The number of hydrogen-bond donors (Lipinski definition) is 3. The molecule has 21 heavy (non-hydrogen) atoms. The molecule has 0 spiro atoms. The second kappa shape index (κ2) is 6.68. The number of piperidine rings is 1. The Morgan fingerprint density at radius 1 is 1.14 bits per heavy atom. The predicted octanol–water partition coefficient (Wildman–Crippen LogP) is 1.82. The van der Waals surface area contributed by atoms with E-state index >= 15 is 0 Å². The number of nitrogens with one attached hydrogen (secondary N) is 2. The minimum Gasteiger partial charge on any atom is -0.350 e. The lowest BCUT2D eigenvalue weighted by atomic mass is 10.1. The van der Waals surface area contributed by atoms with Crippen LogP contribution in [0.2, 0.25) is 0 Å². The number of hydrogen-bond acceptors (Lipinski definition) is 8. The molecule has 2 aromatic rings. The summed E-state index contributed by atoms with van der Waals surface area (Å²) in [5.41, 5.74) is 3.72. The summed E-state index contributed by atoms with van der Waals surface area (Å²) in [6.45, 7) is 2.66. The number of aromatic nitrogens is 3. The number of nitrogens with zero attached hydrogens (tertiary/aromatic N) is 4. The highest BCUT2D eigenvalue weighted by atomic mass is 32.1. The molecule has 1 saturated heterocycles. The van der Waals surface area contributed by atoms with Gasteiger partial charge in [-0.15, -0.1) is 0 Å². The van der Waals surface area contributed by atoms with Crippen LogP contribution in [0.15, 0.2) is 16.8 Å². The normalized spacial score (nSPS) is 15.0. The Balaban J connectivity index is 1.75. The highest BCUT2D eigenvalue weighted by molar-refractivity contribution is 7.07. The summed E-state index contributed by atoms with van der Waals surface area (Å²) < 4.78 is 0. The monoisotopic (exact) mass is 305 g/mol. The van der Waals surface area contributed by atoms with Crippen LogP contribution in [0.25, 0.3) is 0 Å². The molecule has 0 bridgehead atoms. The molecule has 1 aliphatic heterocycles. The van der Waals surface area contributed by atoms with Gasteiger partial charge in [-0.25, -0.2) is 5.84 Å². The van der Waals surface area contributed by atoms with Gasteiger partial charge < -0.3 is 10.2 Å². The van der Waals surface area contributed by atoms with Gasteiger partial charge in [0.2, 0.25) is 17.8 Å². The molecule has 0 saturated carbocycles. The molecule has 8 heteroatoms. The van der Waals surface area contributed by atoms with Crippen molar-refractivity contribution in [1.29, 1.82) is 0 Å². The largest absolute Gasteiger partial charge is 0.350 e. The van der Waals surface area contributed by atoms with E-state index in [0.29, 0.717) is 24.4 Å². The van der Waals surface area contributed by atoms with Crippen LogP contribution < -0.4 is 21.5 Å². The number of anilines is 3. The molecule has 0 aliphatic carbocycles. The van der Waals surface area contributed by atoms with Crippen LogP contribution in [0.3, 0.4) is 0 Å². The Hall–Kier alpha value is -1.93. The molecule has 0 aromatic carbocycles. The molecule has 112 valence electrons. The number of nitrogens with two attached hydrogens (primary N) is 1. The second-order valence-corrected chi connectivity index (χ2v) is 5.74. The SMILES string of the molecule is NNc1nc(NCc2ccsc2)nc(N2CCCCC2)n1. The quantitative estimate of drug-likeness (QED) is 0.573. The highest BCUT2D eigenvalue weighted by Gasteiger charge is 2.16. The van der Waals surface area contributed by atoms with Crippen LogP contribution >= 0.6 is 11.3 Å². The first-order valence-corrected chi connectivity index (χ1v) is 8.02. The fourth-order valence-electron chi connectivity index (χ4n) is 2.32. The van der Waals surface area contributed by atoms with Crippen LogP contribution in [0.4, 0.5) is 17.8 Å². The minimum absolute atomic E-state index is 0.387. The molecule has 2 aromatic heterocycles. The summed E-state index contributed by atoms with van der Waals surface area (Å²) in [6, 6.07) is 2.08. The van der Waals surface area contributed by atoms with Gasteiger partial charge in [0.25, 0.3) is 0 Å². The van der Waals surface area contributed by atoms with E-state index in [4.69, 9.17) is 5.84 Å². The maximum absolute atomic E-state index is 5.46. The van der Waals surface area contributed by atoms with E-state index in [1.807, 2.05) is 0 Å². The van der Waals surface area contributed by atoms with Crippen molar-refractivity contribution in [3.63, 3.8) is 0 Å². The fourth-order valence-corrected chi connectivity index (χ4v) is 2.99. The van der Waals surface area contributed by atoms with Crippen LogP contribution in [0.1, 0.15) is 24.8 Å². The predicted molar refractivity (Wildman–Crippen MR) is 85.3 cm³/mol. The van der Waals surface area contributed by atoms with Crippen molar-refractivity contribution in [3.05, 3.63) is 22.4 Å². The second-order valence-electron chi connectivity index (χ2n) is 4.96. The zero-order valence-electron chi connectivity index (χ0n) is 11.7. The van der Waals surface area contributed by atoms with Gasteiger partial charge in [-0.3, -0.25) is 5.43 Å². The van der Waals surface area contributed by atoms with Gasteiger partial charge in [0.15, 0.2) is 0 Å². The summed E-state index contributed by atoms with van der Waals surface area (Å²) in [6.07, 6.45) is 3.62. The van der Waals surface area contributed by atoms with E-state index in [9.17, 15) is 0 Å². The molecule has 4 N–H and O–H groups in total. The molecule has 0 radical (unpaired) electrons. The zero-order chi connectivity index (χ0) is 14.5. The minimum atomic E-state index is 0.387. The average Bonchev–Trinajstić information content (AvgIpc) is 3.07. The first-order chi connectivity index (χ1) is 10.3. The standard InChI is InChI=1S/C13H19N7S/c14-19-12-16-11(15-8-10-4-7-21-9-10)17-13(18-12)20-5-2-1-3-6-20/h4,7,9H,1-3,5-6,8,14H2,(H2,15,16,17,18,19). The topological polar surface area (TPSA) is 92.0 Å². The van der Waals surface area contributed by atoms with Crippen molar-refractivity contribution in [2.24, 2.45) is 5.84 Å². The third kappa shape index (κ3) is 3.59. The first-order valence-electron chi connectivity index (χ1n) is 7.08. The van der Waals surface area contributed by atoms with Gasteiger partial charge in [-0.2, -0.15) is 26.3 Å². The smallest absolute Gasteiger partial charge is 0.243 e. The van der Waals surface area contributed by atoms with Crippen molar-refractivity contribution >= 4 is 29.2 Å². The summed E-state index contributed by atoms with van der Waals surface area (Å²) in [4.78, 5) is 15.3. The van der Waals surface area contributed by atoms with Gasteiger partial charge in [-0.1, -0.05) is 0 Å². The number of thiophene rings is 1. The maximum Gasteiger partial charge on any atom is 0.243 e. The molecule has 0 atom stereocenters. The van der Waals surface area contributed by atoms with E-state index < -0.39 is 0 Å². The Bertz CT molecular complexity index is 566. The fraction of sp³-hybridized carbons (Fsp3) is 0.462. The van der Waals surface area contributed by atoms with E-state index in [1.165, 1.54) is 24.8 Å².